The molecule has 1 atom stereocenters. The van der Waals surface area contributed by atoms with Gasteiger partial charge in [-0.3, -0.25) is 0 Å². The van der Waals surface area contributed by atoms with Crippen molar-refractivity contribution in [2.75, 3.05) is 0 Å². The standard InChI is InChI=1S/C15H23N/c1-4-5-7-12-14(16)15(2,3)13-10-8-6-9-11-13/h4,6,8-11,14H,1,5,7,12,16H2,2-3H3. The molecule has 16 heavy (non-hydrogen) atoms. The van der Waals surface area contributed by atoms with E-state index in [9.17, 15) is 0 Å². The summed E-state index contributed by atoms with van der Waals surface area (Å²) in [6.07, 6.45) is 5.19. The van der Waals surface area contributed by atoms with E-state index >= 15 is 0 Å². The largest absolute Gasteiger partial charge is 0.327 e. The monoisotopic (exact) mass is 217 g/mol. The molecule has 1 unspecified atom stereocenters. The number of unbranched alkanes of at least 4 members (excludes halogenated alkanes) is 1. The molecule has 0 amide bonds. The van der Waals surface area contributed by atoms with Crippen LogP contribution in [0.25, 0.3) is 0 Å². The molecule has 1 nitrogen and oxygen atoms in total. The molecule has 0 aromatic heterocycles. The molecule has 0 saturated carbocycles. The van der Waals surface area contributed by atoms with Gasteiger partial charge < -0.3 is 5.73 Å². The van der Waals surface area contributed by atoms with Crippen molar-refractivity contribution in [2.45, 2.75) is 44.6 Å². The molecule has 0 fully saturated rings. The summed E-state index contributed by atoms with van der Waals surface area (Å²) in [6, 6.07) is 10.7. The van der Waals surface area contributed by atoms with Crippen molar-refractivity contribution in [2.24, 2.45) is 5.73 Å². The van der Waals surface area contributed by atoms with Gasteiger partial charge in [-0.05, 0) is 24.8 Å². The van der Waals surface area contributed by atoms with E-state index in [-0.39, 0.29) is 11.5 Å². The van der Waals surface area contributed by atoms with E-state index in [1.807, 2.05) is 12.1 Å². The average Bonchev–Trinajstić information content (AvgIpc) is 2.30. The molecule has 88 valence electrons. The van der Waals surface area contributed by atoms with Gasteiger partial charge in [0, 0.05) is 11.5 Å². The summed E-state index contributed by atoms with van der Waals surface area (Å²) in [4.78, 5) is 0. The van der Waals surface area contributed by atoms with Gasteiger partial charge in [0.05, 0.1) is 0 Å². The number of hydrogen-bond donors (Lipinski definition) is 1. The molecule has 0 bridgehead atoms. The smallest absolute Gasteiger partial charge is 0.0131 e. The van der Waals surface area contributed by atoms with Gasteiger partial charge in [-0.15, -0.1) is 6.58 Å². The number of allylic oxidation sites excluding steroid dienone is 1. The van der Waals surface area contributed by atoms with Crippen LogP contribution in [0.5, 0.6) is 0 Å². The topological polar surface area (TPSA) is 26.0 Å². The van der Waals surface area contributed by atoms with Crippen LogP contribution in [0, 0.1) is 0 Å². The van der Waals surface area contributed by atoms with Crippen LogP contribution in [0.1, 0.15) is 38.7 Å². The maximum atomic E-state index is 6.29. The normalized spacial score (nSPS) is 13.4. The second-order valence-electron chi connectivity index (χ2n) is 4.91. The first-order chi connectivity index (χ1) is 7.59. The summed E-state index contributed by atoms with van der Waals surface area (Å²) >= 11 is 0. The quantitative estimate of drug-likeness (QED) is 0.571. The molecule has 2 N–H and O–H groups in total. The molecule has 0 aliphatic rings. The van der Waals surface area contributed by atoms with Crippen LogP contribution in [0.2, 0.25) is 0 Å². The molecule has 0 saturated heterocycles. The third kappa shape index (κ3) is 3.21. The lowest BCUT2D eigenvalue weighted by atomic mass is 9.76. The molecule has 0 heterocycles. The number of rotatable bonds is 6. The zero-order valence-corrected chi connectivity index (χ0v) is 10.4. The van der Waals surface area contributed by atoms with E-state index in [0.717, 1.165) is 19.3 Å². The maximum Gasteiger partial charge on any atom is 0.0131 e. The first kappa shape index (κ1) is 13.0. The Balaban J connectivity index is 2.65. The lowest BCUT2D eigenvalue weighted by Crippen LogP contribution is -2.40. The molecule has 1 aromatic rings. The minimum Gasteiger partial charge on any atom is -0.327 e. The summed E-state index contributed by atoms with van der Waals surface area (Å²) in [5.74, 6) is 0. The van der Waals surface area contributed by atoms with Crippen LogP contribution in [0.3, 0.4) is 0 Å². The lowest BCUT2D eigenvalue weighted by Gasteiger charge is -2.32. The third-order valence-corrected chi connectivity index (χ3v) is 3.37. The van der Waals surface area contributed by atoms with E-state index in [4.69, 9.17) is 5.73 Å². The van der Waals surface area contributed by atoms with E-state index < -0.39 is 0 Å². The Labute approximate surface area is 99.4 Å². The van der Waals surface area contributed by atoms with Crippen molar-refractivity contribution in [3.05, 3.63) is 48.6 Å². The molecule has 1 rings (SSSR count). The zero-order chi connectivity index (χ0) is 12.0. The Morgan fingerprint density at radius 2 is 1.94 bits per heavy atom. The van der Waals surface area contributed by atoms with Crippen LogP contribution in [0.15, 0.2) is 43.0 Å². The fraction of sp³-hybridized carbons (Fsp3) is 0.467. The highest BCUT2D eigenvalue weighted by molar-refractivity contribution is 5.25. The SMILES string of the molecule is C=CCCCC(N)C(C)(C)c1ccccc1. The van der Waals surface area contributed by atoms with Gasteiger partial charge in [0.2, 0.25) is 0 Å². The van der Waals surface area contributed by atoms with Crippen molar-refractivity contribution in [3.63, 3.8) is 0 Å². The van der Waals surface area contributed by atoms with Crippen molar-refractivity contribution in [3.8, 4) is 0 Å². The van der Waals surface area contributed by atoms with Crippen LogP contribution >= 0.6 is 0 Å². The molecule has 1 aromatic carbocycles. The number of nitrogens with two attached hydrogens (primary N) is 1. The van der Waals surface area contributed by atoms with E-state index in [1.54, 1.807) is 0 Å². The molecule has 0 aliphatic heterocycles. The van der Waals surface area contributed by atoms with Gasteiger partial charge in [0.15, 0.2) is 0 Å². The van der Waals surface area contributed by atoms with Gasteiger partial charge >= 0.3 is 0 Å². The molecule has 0 radical (unpaired) electrons. The first-order valence-corrected chi connectivity index (χ1v) is 6.01. The summed E-state index contributed by atoms with van der Waals surface area (Å²) in [7, 11) is 0. The Bertz CT molecular complexity index is 313. The van der Waals surface area contributed by atoms with Crippen LogP contribution in [-0.4, -0.2) is 6.04 Å². The Morgan fingerprint density at radius 3 is 2.50 bits per heavy atom. The van der Waals surface area contributed by atoms with Crippen molar-refractivity contribution < 1.29 is 0 Å². The number of benzene rings is 1. The predicted molar refractivity (Wildman–Crippen MR) is 71.5 cm³/mol. The minimum absolute atomic E-state index is 0.0441. The highest BCUT2D eigenvalue weighted by Crippen LogP contribution is 2.28. The van der Waals surface area contributed by atoms with Gasteiger partial charge in [0.1, 0.15) is 0 Å². The van der Waals surface area contributed by atoms with Crippen LogP contribution in [0.4, 0.5) is 0 Å². The lowest BCUT2D eigenvalue weighted by molar-refractivity contribution is 0.382. The van der Waals surface area contributed by atoms with E-state index in [2.05, 4.69) is 44.7 Å². The Morgan fingerprint density at radius 1 is 1.31 bits per heavy atom. The first-order valence-electron chi connectivity index (χ1n) is 6.01. The Hall–Kier alpha value is -1.08. The van der Waals surface area contributed by atoms with E-state index in [1.165, 1.54) is 5.56 Å². The maximum absolute atomic E-state index is 6.29. The molecule has 0 aliphatic carbocycles. The summed E-state index contributed by atoms with van der Waals surface area (Å²) in [5.41, 5.74) is 7.65. The predicted octanol–water partition coefficient (Wildman–Crippen LogP) is 3.65. The second kappa shape index (κ2) is 5.86. The summed E-state index contributed by atoms with van der Waals surface area (Å²) in [6.45, 7) is 8.18. The van der Waals surface area contributed by atoms with Crippen LogP contribution < -0.4 is 5.73 Å². The number of hydrogen-bond acceptors (Lipinski definition) is 1. The molecular formula is C15H23N. The summed E-state index contributed by atoms with van der Waals surface area (Å²) < 4.78 is 0. The highest BCUT2D eigenvalue weighted by Gasteiger charge is 2.27. The highest BCUT2D eigenvalue weighted by atomic mass is 14.7. The molecular weight excluding hydrogens is 194 g/mol. The van der Waals surface area contributed by atoms with Crippen LogP contribution in [-0.2, 0) is 5.41 Å². The van der Waals surface area contributed by atoms with Gasteiger partial charge in [0.25, 0.3) is 0 Å². The van der Waals surface area contributed by atoms with E-state index in [0.29, 0.717) is 0 Å². The molecule has 1 heteroatoms. The fourth-order valence-corrected chi connectivity index (χ4v) is 1.92. The van der Waals surface area contributed by atoms with Crippen molar-refractivity contribution in [1.29, 1.82) is 0 Å². The minimum atomic E-state index is 0.0441. The van der Waals surface area contributed by atoms with Crippen molar-refractivity contribution >= 4 is 0 Å². The molecule has 0 spiro atoms. The van der Waals surface area contributed by atoms with Crippen molar-refractivity contribution in [1.82, 2.24) is 0 Å². The fourth-order valence-electron chi connectivity index (χ4n) is 1.92. The third-order valence-electron chi connectivity index (χ3n) is 3.37. The summed E-state index contributed by atoms with van der Waals surface area (Å²) in [5, 5.41) is 0. The van der Waals surface area contributed by atoms with Gasteiger partial charge in [-0.1, -0.05) is 50.3 Å². The van der Waals surface area contributed by atoms with Gasteiger partial charge in [-0.2, -0.15) is 0 Å². The second-order valence-corrected chi connectivity index (χ2v) is 4.91. The van der Waals surface area contributed by atoms with Gasteiger partial charge in [-0.25, -0.2) is 0 Å². The Kier molecular flexibility index (Phi) is 4.75. The zero-order valence-electron chi connectivity index (χ0n) is 10.4. The average molecular weight is 217 g/mol.